The van der Waals surface area contributed by atoms with Crippen molar-refractivity contribution in [1.82, 2.24) is 10.2 Å². The first-order valence-electron chi connectivity index (χ1n) is 9.01. The summed E-state index contributed by atoms with van der Waals surface area (Å²) in [4.78, 5) is 14.9. The van der Waals surface area contributed by atoms with Crippen molar-refractivity contribution in [3.05, 3.63) is 69.2 Å². The van der Waals surface area contributed by atoms with Crippen molar-refractivity contribution < 1.29 is 4.79 Å². The number of hydrogen-bond acceptors (Lipinski definition) is 2. The number of rotatable bonds is 5. The van der Waals surface area contributed by atoms with Crippen LogP contribution in [-0.4, -0.2) is 23.9 Å². The Balaban J connectivity index is 1.56. The van der Waals surface area contributed by atoms with E-state index in [-0.39, 0.29) is 11.8 Å². The van der Waals surface area contributed by atoms with E-state index in [0.29, 0.717) is 23.1 Å². The molecule has 2 aromatic carbocycles. The van der Waals surface area contributed by atoms with Crippen LogP contribution in [0.5, 0.6) is 0 Å². The minimum Gasteiger partial charge on any atom is -0.352 e. The Kier molecular flexibility index (Phi) is 6.58. The van der Waals surface area contributed by atoms with Gasteiger partial charge in [-0.15, -0.1) is 0 Å². The van der Waals surface area contributed by atoms with Crippen LogP contribution in [0.4, 0.5) is 0 Å². The van der Waals surface area contributed by atoms with Crippen molar-refractivity contribution >= 4 is 29.1 Å². The summed E-state index contributed by atoms with van der Waals surface area (Å²) in [5, 5.41) is 4.45. The second-order valence-electron chi connectivity index (χ2n) is 6.98. The number of carbonyl (C=O) groups is 1. The van der Waals surface area contributed by atoms with Gasteiger partial charge in [-0.25, -0.2) is 0 Å². The SMILES string of the molecule is Cc1cccc(CNC(=O)[C@@H]2CCCN(Cc3c(Cl)cccc3Cl)C2)c1. The van der Waals surface area contributed by atoms with Crippen molar-refractivity contribution in [2.75, 3.05) is 13.1 Å². The molecule has 5 heteroatoms. The number of nitrogens with one attached hydrogen (secondary N) is 1. The highest BCUT2D eigenvalue weighted by Gasteiger charge is 2.26. The van der Waals surface area contributed by atoms with E-state index in [2.05, 4.69) is 29.3 Å². The molecule has 3 rings (SSSR count). The predicted molar refractivity (Wildman–Crippen MR) is 107 cm³/mol. The van der Waals surface area contributed by atoms with Crippen LogP contribution in [0.15, 0.2) is 42.5 Å². The average molecular weight is 391 g/mol. The monoisotopic (exact) mass is 390 g/mol. The van der Waals surface area contributed by atoms with Crippen molar-refractivity contribution in [1.29, 1.82) is 0 Å². The largest absolute Gasteiger partial charge is 0.352 e. The molecule has 1 aliphatic rings. The van der Waals surface area contributed by atoms with Crippen LogP contribution in [0.2, 0.25) is 10.0 Å². The maximum atomic E-state index is 12.6. The van der Waals surface area contributed by atoms with Gasteiger partial charge in [0.15, 0.2) is 0 Å². The van der Waals surface area contributed by atoms with E-state index in [0.717, 1.165) is 37.1 Å². The van der Waals surface area contributed by atoms with Crippen LogP contribution in [0.25, 0.3) is 0 Å². The summed E-state index contributed by atoms with van der Waals surface area (Å²) in [5.74, 6) is 0.135. The smallest absolute Gasteiger partial charge is 0.224 e. The van der Waals surface area contributed by atoms with Gasteiger partial charge < -0.3 is 5.32 Å². The zero-order valence-corrected chi connectivity index (χ0v) is 16.5. The molecule has 0 bridgehead atoms. The highest BCUT2D eigenvalue weighted by Crippen LogP contribution is 2.27. The van der Waals surface area contributed by atoms with Crippen molar-refractivity contribution in [3.8, 4) is 0 Å². The van der Waals surface area contributed by atoms with Gasteiger partial charge in [-0.05, 0) is 44.0 Å². The van der Waals surface area contributed by atoms with Crippen LogP contribution in [0, 0.1) is 12.8 Å². The van der Waals surface area contributed by atoms with Crippen molar-refractivity contribution in [2.45, 2.75) is 32.9 Å². The molecule has 0 radical (unpaired) electrons. The Morgan fingerprint density at radius 1 is 1.19 bits per heavy atom. The van der Waals surface area contributed by atoms with E-state index in [9.17, 15) is 4.79 Å². The van der Waals surface area contributed by atoms with Crippen LogP contribution in [0.1, 0.15) is 29.5 Å². The zero-order valence-electron chi connectivity index (χ0n) is 15.0. The number of halogens is 2. The van der Waals surface area contributed by atoms with E-state index in [1.807, 2.05) is 30.3 Å². The van der Waals surface area contributed by atoms with Crippen molar-refractivity contribution in [3.63, 3.8) is 0 Å². The molecule has 0 spiro atoms. The van der Waals surface area contributed by atoms with Crippen molar-refractivity contribution in [2.24, 2.45) is 5.92 Å². The number of nitrogens with zero attached hydrogens (tertiary/aromatic N) is 1. The summed E-state index contributed by atoms with van der Waals surface area (Å²) in [5.41, 5.74) is 3.28. The summed E-state index contributed by atoms with van der Waals surface area (Å²) >= 11 is 12.6. The molecule has 138 valence electrons. The van der Waals surface area contributed by atoms with Gasteiger partial charge in [0, 0.05) is 35.2 Å². The highest BCUT2D eigenvalue weighted by molar-refractivity contribution is 6.35. The second-order valence-corrected chi connectivity index (χ2v) is 7.80. The molecule has 1 N–H and O–H groups in total. The van der Waals surface area contributed by atoms with Crippen LogP contribution < -0.4 is 5.32 Å². The van der Waals surface area contributed by atoms with Crippen LogP contribution in [0.3, 0.4) is 0 Å². The number of likely N-dealkylation sites (tertiary alicyclic amines) is 1. The molecule has 1 atom stereocenters. The van der Waals surface area contributed by atoms with E-state index < -0.39 is 0 Å². The zero-order chi connectivity index (χ0) is 18.5. The van der Waals surface area contributed by atoms with E-state index in [1.165, 1.54) is 5.56 Å². The van der Waals surface area contributed by atoms with Crippen LogP contribution in [-0.2, 0) is 17.9 Å². The first-order chi connectivity index (χ1) is 12.5. The number of amides is 1. The Bertz CT molecular complexity index is 758. The Morgan fingerprint density at radius 3 is 2.65 bits per heavy atom. The van der Waals surface area contributed by atoms with E-state index >= 15 is 0 Å². The van der Waals surface area contributed by atoms with Gasteiger partial charge in [0.25, 0.3) is 0 Å². The standard InChI is InChI=1S/C21H24Cl2N2O/c1-15-5-2-6-16(11-15)12-24-21(26)17-7-4-10-25(13-17)14-18-19(22)8-3-9-20(18)23/h2-3,5-6,8-9,11,17H,4,7,10,12-14H2,1H3,(H,24,26)/t17-/m1/s1. The molecule has 3 nitrogen and oxygen atoms in total. The van der Waals surface area contributed by atoms with Gasteiger partial charge in [-0.2, -0.15) is 0 Å². The number of carbonyl (C=O) groups excluding carboxylic acids is 1. The normalized spacial score (nSPS) is 17.9. The summed E-state index contributed by atoms with van der Waals surface area (Å²) in [6, 6.07) is 13.8. The molecule has 2 aromatic rings. The molecule has 1 heterocycles. The summed E-state index contributed by atoms with van der Waals surface area (Å²) < 4.78 is 0. The summed E-state index contributed by atoms with van der Waals surface area (Å²) in [7, 11) is 0. The molecule has 1 amide bonds. The summed E-state index contributed by atoms with van der Waals surface area (Å²) in [6.07, 6.45) is 1.93. The highest BCUT2D eigenvalue weighted by atomic mass is 35.5. The quantitative estimate of drug-likeness (QED) is 0.792. The lowest BCUT2D eigenvalue weighted by Gasteiger charge is -2.32. The van der Waals surface area contributed by atoms with E-state index in [1.54, 1.807) is 0 Å². The molecule has 1 fully saturated rings. The number of piperidine rings is 1. The predicted octanol–water partition coefficient (Wildman–Crippen LogP) is 4.83. The fourth-order valence-corrected chi connectivity index (χ4v) is 3.99. The lowest BCUT2D eigenvalue weighted by Crippen LogP contribution is -2.42. The van der Waals surface area contributed by atoms with Crippen LogP contribution >= 0.6 is 23.2 Å². The molecular formula is C21H24Cl2N2O. The third-order valence-electron chi connectivity index (χ3n) is 4.87. The summed E-state index contributed by atoms with van der Waals surface area (Å²) in [6.45, 7) is 5.02. The Labute approximate surface area is 165 Å². The lowest BCUT2D eigenvalue weighted by molar-refractivity contribution is -0.126. The molecule has 0 aliphatic carbocycles. The molecule has 1 saturated heterocycles. The van der Waals surface area contributed by atoms with E-state index in [4.69, 9.17) is 23.2 Å². The molecule has 0 aromatic heterocycles. The lowest BCUT2D eigenvalue weighted by atomic mass is 9.96. The number of aryl methyl sites for hydroxylation is 1. The Morgan fingerprint density at radius 2 is 1.92 bits per heavy atom. The molecule has 26 heavy (non-hydrogen) atoms. The Hall–Kier alpha value is -1.55. The molecule has 1 aliphatic heterocycles. The minimum absolute atomic E-state index is 0.00909. The van der Waals surface area contributed by atoms with Gasteiger partial charge in [0.05, 0.1) is 5.92 Å². The third-order valence-corrected chi connectivity index (χ3v) is 5.58. The fraction of sp³-hybridized carbons (Fsp3) is 0.381. The van der Waals surface area contributed by atoms with Gasteiger partial charge in [-0.1, -0.05) is 59.1 Å². The first-order valence-corrected chi connectivity index (χ1v) is 9.77. The molecule has 0 saturated carbocycles. The van der Waals surface area contributed by atoms with Gasteiger partial charge >= 0.3 is 0 Å². The molecule has 0 unspecified atom stereocenters. The topological polar surface area (TPSA) is 32.3 Å². The van der Waals surface area contributed by atoms with Gasteiger partial charge in [0.2, 0.25) is 5.91 Å². The fourth-order valence-electron chi connectivity index (χ4n) is 3.48. The van der Waals surface area contributed by atoms with Gasteiger partial charge in [0.1, 0.15) is 0 Å². The third kappa shape index (κ3) is 5.00. The minimum atomic E-state index is 0.00909. The second kappa shape index (κ2) is 8.90. The maximum Gasteiger partial charge on any atom is 0.224 e. The number of benzene rings is 2. The average Bonchev–Trinajstić information content (AvgIpc) is 2.63. The molecular weight excluding hydrogens is 367 g/mol. The van der Waals surface area contributed by atoms with Gasteiger partial charge in [-0.3, -0.25) is 9.69 Å². The maximum absolute atomic E-state index is 12.6. The number of hydrogen-bond donors (Lipinski definition) is 1. The first kappa shape index (κ1) is 19.2.